The Bertz CT molecular complexity index is 693. The Hall–Kier alpha value is -1.99. The highest BCUT2D eigenvalue weighted by Gasteiger charge is 2.18. The van der Waals surface area contributed by atoms with Gasteiger partial charge < -0.3 is 4.74 Å². The van der Waals surface area contributed by atoms with Gasteiger partial charge in [-0.15, -0.1) is 0 Å². The number of nitro groups is 1. The zero-order chi connectivity index (χ0) is 14.7. The van der Waals surface area contributed by atoms with Gasteiger partial charge in [-0.25, -0.2) is 9.78 Å². The monoisotopic (exact) mass is 356 g/mol. The van der Waals surface area contributed by atoms with E-state index in [4.69, 9.17) is 16.3 Å². The highest BCUT2D eigenvalue weighted by atomic mass is 79.9. The number of ether oxygens (including phenoxy) is 1. The molecule has 6 nitrogen and oxygen atoms in total. The molecule has 0 saturated carbocycles. The van der Waals surface area contributed by atoms with Gasteiger partial charge in [-0.2, -0.15) is 0 Å². The minimum absolute atomic E-state index is 0.0249. The van der Waals surface area contributed by atoms with Crippen LogP contribution >= 0.6 is 27.5 Å². The molecule has 0 aliphatic rings. The number of halogens is 2. The van der Waals surface area contributed by atoms with Crippen LogP contribution in [0.4, 0.5) is 5.69 Å². The Morgan fingerprint density at radius 3 is 2.80 bits per heavy atom. The molecule has 0 radical (unpaired) electrons. The molecule has 0 spiro atoms. The lowest BCUT2D eigenvalue weighted by Crippen LogP contribution is -2.09. The van der Waals surface area contributed by atoms with E-state index in [-0.39, 0.29) is 22.0 Å². The third-order valence-electron chi connectivity index (χ3n) is 2.31. The Morgan fingerprint density at radius 2 is 2.15 bits per heavy atom. The van der Waals surface area contributed by atoms with Gasteiger partial charge in [0.25, 0.3) is 5.69 Å². The Balaban J connectivity index is 2.28. The van der Waals surface area contributed by atoms with Gasteiger partial charge >= 0.3 is 5.97 Å². The number of carbonyl (C=O) groups excluding carboxylic acids is 1. The summed E-state index contributed by atoms with van der Waals surface area (Å²) in [5.74, 6) is -0.520. The summed E-state index contributed by atoms with van der Waals surface area (Å²) in [7, 11) is 0. The molecule has 1 heterocycles. The number of hydrogen-bond donors (Lipinski definition) is 0. The quantitative estimate of drug-likeness (QED) is 0.362. The number of rotatable bonds is 3. The van der Waals surface area contributed by atoms with Crippen LogP contribution in [0.25, 0.3) is 0 Å². The lowest BCUT2D eigenvalue weighted by atomic mass is 10.2. The number of esters is 1. The minimum Gasteiger partial charge on any atom is -0.420 e. The second-order valence-electron chi connectivity index (χ2n) is 3.61. The standard InChI is InChI=1S/C12H6BrClN2O4/c13-11-10(2-1-5-15-11)20-12(17)7-3-4-8(14)9(6-7)16(18)19/h1-6H. The largest absolute Gasteiger partial charge is 0.420 e. The number of aromatic nitrogens is 1. The number of benzene rings is 1. The lowest BCUT2D eigenvalue weighted by Gasteiger charge is -2.05. The third-order valence-corrected chi connectivity index (χ3v) is 3.22. The van der Waals surface area contributed by atoms with Crippen molar-refractivity contribution < 1.29 is 14.5 Å². The first kappa shape index (κ1) is 14.4. The van der Waals surface area contributed by atoms with Crippen LogP contribution in [0.3, 0.4) is 0 Å². The van der Waals surface area contributed by atoms with E-state index < -0.39 is 10.9 Å². The summed E-state index contributed by atoms with van der Waals surface area (Å²) >= 11 is 8.80. The summed E-state index contributed by atoms with van der Waals surface area (Å²) in [4.78, 5) is 25.9. The molecule has 102 valence electrons. The number of pyridine rings is 1. The Labute approximate surface area is 126 Å². The van der Waals surface area contributed by atoms with Gasteiger partial charge in [0.2, 0.25) is 0 Å². The SMILES string of the molecule is O=C(Oc1cccnc1Br)c1ccc(Cl)c([N+](=O)[O-])c1. The first-order valence-electron chi connectivity index (χ1n) is 5.25. The fourth-order valence-electron chi connectivity index (χ4n) is 1.39. The molecule has 0 unspecified atom stereocenters. The highest BCUT2D eigenvalue weighted by molar-refractivity contribution is 9.10. The molecule has 20 heavy (non-hydrogen) atoms. The van der Waals surface area contributed by atoms with Gasteiger partial charge in [0.15, 0.2) is 5.75 Å². The van der Waals surface area contributed by atoms with Crippen molar-refractivity contribution in [1.82, 2.24) is 4.98 Å². The van der Waals surface area contributed by atoms with Crippen molar-refractivity contribution in [3.63, 3.8) is 0 Å². The van der Waals surface area contributed by atoms with E-state index >= 15 is 0 Å². The molecule has 0 amide bonds. The van der Waals surface area contributed by atoms with Crippen molar-refractivity contribution >= 4 is 39.2 Å². The van der Waals surface area contributed by atoms with Crippen molar-refractivity contribution in [2.45, 2.75) is 0 Å². The molecule has 2 aromatic rings. The molecule has 1 aromatic heterocycles. The molecule has 8 heteroatoms. The first-order valence-corrected chi connectivity index (χ1v) is 6.43. The summed E-state index contributed by atoms with van der Waals surface area (Å²) in [5.41, 5.74) is -0.330. The van der Waals surface area contributed by atoms with Crippen LogP contribution in [0.2, 0.25) is 5.02 Å². The lowest BCUT2D eigenvalue weighted by molar-refractivity contribution is -0.384. The first-order chi connectivity index (χ1) is 9.49. The van der Waals surface area contributed by atoms with Crippen molar-refractivity contribution in [3.05, 3.63) is 61.8 Å². The van der Waals surface area contributed by atoms with Crippen LogP contribution in [0.15, 0.2) is 41.1 Å². The maximum Gasteiger partial charge on any atom is 0.343 e. The maximum absolute atomic E-state index is 11.9. The van der Waals surface area contributed by atoms with Crippen molar-refractivity contribution in [2.24, 2.45) is 0 Å². The van der Waals surface area contributed by atoms with Crippen LogP contribution in [0.1, 0.15) is 10.4 Å². The van der Waals surface area contributed by atoms with Crippen LogP contribution in [0.5, 0.6) is 5.75 Å². The maximum atomic E-state index is 11.9. The number of nitro benzene ring substituents is 1. The van der Waals surface area contributed by atoms with Gasteiger partial charge in [-0.05, 0) is 40.2 Å². The van der Waals surface area contributed by atoms with E-state index in [0.29, 0.717) is 4.60 Å². The summed E-state index contributed by atoms with van der Waals surface area (Å²) in [6.45, 7) is 0. The highest BCUT2D eigenvalue weighted by Crippen LogP contribution is 2.27. The van der Waals surface area contributed by atoms with Gasteiger partial charge in [0.05, 0.1) is 10.5 Å². The van der Waals surface area contributed by atoms with E-state index in [0.717, 1.165) is 6.07 Å². The normalized spacial score (nSPS) is 10.1. The van der Waals surface area contributed by atoms with Gasteiger partial charge in [0, 0.05) is 12.3 Å². The average molecular weight is 358 g/mol. The van der Waals surface area contributed by atoms with Gasteiger partial charge in [0.1, 0.15) is 9.63 Å². The molecule has 0 bridgehead atoms. The van der Waals surface area contributed by atoms with Crippen molar-refractivity contribution in [3.8, 4) is 5.75 Å². The summed E-state index contributed by atoms with van der Waals surface area (Å²) in [5, 5.41) is 10.7. The molecule has 2 rings (SSSR count). The van der Waals surface area contributed by atoms with E-state index in [1.165, 1.54) is 18.3 Å². The van der Waals surface area contributed by atoms with Crippen LogP contribution in [0, 0.1) is 10.1 Å². The summed E-state index contributed by atoms with van der Waals surface area (Å²) < 4.78 is 5.45. The van der Waals surface area contributed by atoms with Crippen LogP contribution < -0.4 is 4.74 Å². The Morgan fingerprint density at radius 1 is 1.40 bits per heavy atom. The fourth-order valence-corrected chi connectivity index (χ4v) is 1.90. The van der Waals surface area contributed by atoms with E-state index in [1.54, 1.807) is 12.1 Å². The zero-order valence-electron chi connectivity index (χ0n) is 9.75. The summed E-state index contributed by atoms with van der Waals surface area (Å²) in [6.07, 6.45) is 1.52. The average Bonchev–Trinajstić information content (AvgIpc) is 2.41. The minimum atomic E-state index is -0.738. The molecule has 0 fully saturated rings. The molecule has 0 atom stereocenters. The number of carbonyl (C=O) groups is 1. The van der Waals surface area contributed by atoms with Crippen molar-refractivity contribution in [1.29, 1.82) is 0 Å². The van der Waals surface area contributed by atoms with E-state index in [9.17, 15) is 14.9 Å². The predicted molar refractivity (Wildman–Crippen MR) is 75.0 cm³/mol. The summed E-state index contributed by atoms with van der Waals surface area (Å²) in [6, 6.07) is 6.82. The molecular formula is C12H6BrClN2O4. The molecule has 0 aliphatic carbocycles. The van der Waals surface area contributed by atoms with Crippen LogP contribution in [-0.2, 0) is 0 Å². The smallest absolute Gasteiger partial charge is 0.343 e. The second kappa shape index (κ2) is 5.98. The van der Waals surface area contributed by atoms with Gasteiger partial charge in [-0.3, -0.25) is 10.1 Å². The zero-order valence-corrected chi connectivity index (χ0v) is 12.1. The number of hydrogen-bond acceptors (Lipinski definition) is 5. The second-order valence-corrected chi connectivity index (χ2v) is 4.76. The third kappa shape index (κ3) is 3.12. The molecule has 0 aliphatic heterocycles. The predicted octanol–water partition coefficient (Wildman–Crippen LogP) is 3.62. The molecular weight excluding hydrogens is 351 g/mol. The number of nitrogens with zero attached hydrogens (tertiary/aromatic N) is 2. The van der Waals surface area contributed by atoms with E-state index in [2.05, 4.69) is 20.9 Å². The fraction of sp³-hybridized carbons (Fsp3) is 0. The van der Waals surface area contributed by atoms with Gasteiger partial charge in [-0.1, -0.05) is 11.6 Å². The van der Waals surface area contributed by atoms with Crippen LogP contribution in [-0.4, -0.2) is 15.9 Å². The molecule has 1 aromatic carbocycles. The van der Waals surface area contributed by atoms with E-state index in [1.807, 2.05) is 0 Å². The van der Waals surface area contributed by atoms with Crippen molar-refractivity contribution in [2.75, 3.05) is 0 Å². The molecule has 0 saturated heterocycles. The topological polar surface area (TPSA) is 82.3 Å². The molecule has 0 N–H and O–H groups in total. The Kier molecular flexibility index (Phi) is 4.31.